The fourth-order valence-corrected chi connectivity index (χ4v) is 4.97. The highest BCUT2D eigenvalue weighted by molar-refractivity contribution is 7.78. The number of carbonyl (C=O) groups excluding carboxylic acids is 2. The van der Waals surface area contributed by atoms with Gasteiger partial charge in [0, 0.05) is 12.6 Å². The number of likely N-dealkylation sites (N-methyl/N-ethyl adjacent to an activating group) is 1. The second-order valence-corrected chi connectivity index (χ2v) is 10.5. The number of imidazole rings is 1. The number of benzene rings is 1. The lowest BCUT2D eigenvalue weighted by molar-refractivity contribution is -0.137. The third-order valence-corrected chi connectivity index (χ3v) is 7.92. The molecule has 2 aromatic heterocycles. The molecular weight excluding hydrogens is 532 g/mol. The molecule has 210 valence electrons. The zero-order chi connectivity index (χ0) is 28.5. The van der Waals surface area contributed by atoms with Crippen molar-refractivity contribution in [3.63, 3.8) is 0 Å². The third-order valence-electron chi connectivity index (χ3n) is 6.65. The topological polar surface area (TPSA) is 201 Å². The maximum atomic E-state index is 13.0. The summed E-state index contributed by atoms with van der Waals surface area (Å²) in [5.41, 5.74) is 1.07. The van der Waals surface area contributed by atoms with E-state index >= 15 is 0 Å². The molecule has 1 aromatic carbocycles. The van der Waals surface area contributed by atoms with Gasteiger partial charge in [0.05, 0.1) is 13.4 Å². The molecular formula is C23H31N8O7S+. The Hall–Kier alpha value is -3.54. The Bertz CT molecular complexity index is 1400. The number of fused-ring (bicyclic) bond motifs is 1. The summed E-state index contributed by atoms with van der Waals surface area (Å²) >= 11 is -2.29. The van der Waals surface area contributed by atoms with Crippen molar-refractivity contribution in [1.29, 1.82) is 0 Å². The van der Waals surface area contributed by atoms with Crippen LogP contribution in [0.2, 0.25) is 0 Å². The second kappa shape index (κ2) is 11.3. The number of para-hydroxylation sites is 2. The van der Waals surface area contributed by atoms with Crippen LogP contribution in [0.25, 0.3) is 11.2 Å². The average Bonchev–Trinajstić information content (AvgIpc) is 3.45. The number of hydrogen-bond donors (Lipinski definition) is 6. The number of nitrogens with one attached hydrogen (secondary N) is 3. The molecule has 3 amide bonds. The molecule has 1 fully saturated rings. The Morgan fingerprint density at radius 3 is 2.54 bits per heavy atom. The van der Waals surface area contributed by atoms with Crippen LogP contribution in [0.4, 0.5) is 22.0 Å². The standard InChI is InChI=1S/C23H30N8O7S/c1-5-24-21(34)18-16(32)17(33)22(38-18)30-11-27-15-19(25-10-26-20(15)30)29-23(35)28-13-8-6-7-9-14(13)31(4,12(2)3)39(36)37/h6-12,16-18,22,32-33H,5H2,1-4H3,(H3-,24,25,26,28,29,34,35,36,37)/p+1/t16-,17+,18-,22+,31?/m0/s1. The number of nitrogens with zero attached hydrogens (tertiary/aromatic N) is 5. The van der Waals surface area contributed by atoms with Gasteiger partial charge >= 0.3 is 17.3 Å². The minimum absolute atomic E-state index is 0.0360. The van der Waals surface area contributed by atoms with E-state index in [-0.39, 0.29) is 26.9 Å². The molecule has 4 rings (SSSR count). The largest absolute Gasteiger partial charge is 0.387 e. The third kappa shape index (κ3) is 5.21. The SMILES string of the molecule is CCNC(=O)[C@H]1O[C@@H](n2cnc3c(NC(=O)Nc4ccccc4[N+](C)(C(C)C)S(=O)O)ncnc32)[C@H](O)[C@@H]1O. The van der Waals surface area contributed by atoms with Gasteiger partial charge in [-0.3, -0.25) is 19.2 Å². The summed E-state index contributed by atoms with van der Waals surface area (Å²) in [5.74, 6) is -0.531. The first-order valence-corrected chi connectivity index (χ1v) is 13.2. The number of urea groups is 1. The first-order chi connectivity index (χ1) is 18.5. The maximum absolute atomic E-state index is 13.0. The van der Waals surface area contributed by atoms with Crippen LogP contribution in [0.15, 0.2) is 36.9 Å². The van der Waals surface area contributed by atoms with Crippen LogP contribution >= 0.6 is 0 Å². The number of aromatic nitrogens is 4. The Balaban J connectivity index is 1.58. The minimum atomic E-state index is -2.29. The molecule has 39 heavy (non-hydrogen) atoms. The molecule has 3 heterocycles. The molecule has 0 radical (unpaired) electrons. The van der Waals surface area contributed by atoms with Crippen molar-refractivity contribution >= 4 is 51.6 Å². The Morgan fingerprint density at radius 2 is 1.87 bits per heavy atom. The Kier molecular flexibility index (Phi) is 8.24. The summed E-state index contributed by atoms with van der Waals surface area (Å²) in [6.45, 7) is 5.62. The minimum Gasteiger partial charge on any atom is -0.387 e. The van der Waals surface area contributed by atoms with Gasteiger partial charge in [-0.15, -0.1) is 0 Å². The number of aliphatic hydroxyl groups excluding tert-OH is 2. The van der Waals surface area contributed by atoms with E-state index in [1.165, 1.54) is 17.2 Å². The van der Waals surface area contributed by atoms with Crippen LogP contribution in [-0.2, 0) is 20.8 Å². The predicted octanol–water partition coefficient (Wildman–Crippen LogP) is 0.708. The van der Waals surface area contributed by atoms with Gasteiger partial charge in [-0.2, -0.15) is 8.10 Å². The quantitative estimate of drug-likeness (QED) is 0.167. The highest BCUT2D eigenvalue weighted by Gasteiger charge is 2.47. The number of hydrogen-bond acceptors (Lipinski definition) is 9. The van der Waals surface area contributed by atoms with Crippen molar-refractivity contribution in [3.8, 4) is 0 Å². The van der Waals surface area contributed by atoms with Crippen LogP contribution < -0.4 is 19.8 Å². The molecule has 16 heteroatoms. The molecule has 0 spiro atoms. The molecule has 0 saturated carbocycles. The lowest BCUT2D eigenvalue weighted by Gasteiger charge is -2.33. The van der Waals surface area contributed by atoms with Gasteiger partial charge in [-0.25, -0.2) is 19.7 Å². The van der Waals surface area contributed by atoms with Gasteiger partial charge in [-0.05, 0) is 26.8 Å². The van der Waals surface area contributed by atoms with E-state index in [2.05, 4.69) is 30.9 Å². The first-order valence-electron chi connectivity index (χ1n) is 12.1. The van der Waals surface area contributed by atoms with E-state index in [0.29, 0.717) is 17.9 Å². The van der Waals surface area contributed by atoms with Gasteiger partial charge in [0.1, 0.15) is 30.3 Å². The summed E-state index contributed by atoms with van der Waals surface area (Å²) in [5, 5.41) is 28.8. The van der Waals surface area contributed by atoms with E-state index in [0.717, 1.165) is 0 Å². The van der Waals surface area contributed by atoms with Crippen molar-refractivity contribution in [2.75, 3.05) is 24.2 Å². The van der Waals surface area contributed by atoms with E-state index in [9.17, 15) is 28.6 Å². The summed E-state index contributed by atoms with van der Waals surface area (Å²) in [6.07, 6.45) is -2.94. The summed E-state index contributed by atoms with van der Waals surface area (Å²) < 4.78 is 28.9. The number of carbonyl (C=O) groups is 2. The maximum Gasteiger partial charge on any atom is 0.363 e. The number of amides is 3. The van der Waals surface area contributed by atoms with Crippen LogP contribution in [0, 0.1) is 0 Å². The Morgan fingerprint density at radius 1 is 1.15 bits per heavy atom. The normalized spacial score (nSPS) is 23.4. The van der Waals surface area contributed by atoms with Gasteiger partial charge in [0.15, 0.2) is 35.0 Å². The molecule has 0 aliphatic carbocycles. The lowest BCUT2D eigenvalue weighted by atomic mass is 10.1. The lowest BCUT2D eigenvalue weighted by Crippen LogP contribution is -2.52. The number of rotatable bonds is 8. The number of anilines is 2. The fraction of sp³-hybridized carbons (Fsp3) is 0.435. The van der Waals surface area contributed by atoms with Gasteiger partial charge < -0.3 is 25.6 Å². The van der Waals surface area contributed by atoms with Crippen molar-refractivity contribution < 1.29 is 33.3 Å². The molecule has 2 unspecified atom stereocenters. The first kappa shape index (κ1) is 28.5. The van der Waals surface area contributed by atoms with Crippen LogP contribution in [0.3, 0.4) is 0 Å². The molecule has 1 aliphatic rings. The molecule has 3 aromatic rings. The van der Waals surface area contributed by atoms with Crippen LogP contribution in [-0.4, -0.2) is 88.4 Å². The van der Waals surface area contributed by atoms with Crippen molar-refractivity contribution in [2.45, 2.75) is 51.4 Å². The van der Waals surface area contributed by atoms with Crippen molar-refractivity contribution in [2.24, 2.45) is 0 Å². The number of ether oxygens (including phenoxy) is 1. The zero-order valence-corrected chi connectivity index (χ0v) is 22.5. The van der Waals surface area contributed by atoms with E-state index < -0.39 is 47.7 Å². The smallest absolute Gasteiger partial charge is 0.363 e. The molecule has 6 N–H and O–H groups in total. The second-order valence-electron chi connectivity index (χ2n) is 9.28. The van der Waals surface area contributed by atoms with Crippen LogP contribution in [0.1, 0.15) is 27.0 Å². The molecule has 15 nitrogen and oxygen atoms in total. The summed E-state index contributed by atoms with van der Waals surface area (Å²) in [6, 6.07) is 5.68. The molecule has 1 aliphatic heterocycles. The van der Waals surface area contributed by atoms with Crippen LogP contribution in [0.5, 0.6) is 0 Å². The summed E-state index contributed by atoms with van der Waals surface area (Å²) in [7, 11) is 1.59. The van der Waals surface area contributed by atoms with Gasteiger partial charge in [0.25, 0.3) is 5.91 Å². The van der Waals surface area contributed by atoms with Crippen molar-refractivity contribution in [3.05, 3.63) is 36.9 Å². The Labute approximate surface area is 226 Å². The number of quaternary nitrogens is 1. The highest BCUT2D eigenvalue weighted by Crippen LogP contribution is 2.35. The predicted molar refractivity (Wildman–Crippen MR) is 143 cm³/mol. The average molecular weight is 564 g/mol. The monoisotopic (exact) mass is 563 g/mol. The van der Waals surface area contributed by atoms with Gasteiger partial charge in [0.2, 0.25) is 0 Å². The molecule has 0 bridgehead atoms. The highest BCUT2D eigenvalue weighted by atomic mass is 32.2. The van der Waals surface area contributed by atoms with E-state index in [4.69, 9.17) is 4.74 Å². The fourth-order valence-electron chi connectivity index (χ4n) is 4.28. The number of aliphatic hydroxyl groups is 2. The summed E-state index contributed by atoms with van der Waals surface area (Å²) in [4.78, 5) is 37.7. The van der Waals surface area contributed by atoms with Gasteiger partial charge in [-0.1, -0.05) is 12.1 Å². The zero-order valence-electron chi connectivity index (χ0n) is 21.7. The van der Waals surface area contributed by atoms with E-state index in [1.54, 1.807) is 52.1 Å². The molecule has 6 atom stereocenters. The van der Waals surface area contributed by atoms with Crippen molar-refractivity contribution in [1.82, 2.24) is 28.7 Å². The van der Waals surface area contributed by atoms with E-state index in [1.807, 2.05) is 0 Å². The molecule has 1 saturated heterocycles.